The Morgan fingerprint density at radius 2 is 2.08 bits per heavy atom. The Balaban J connectivity index is 3.48. The Morgan fingerprint density at radius 1 is 1.42 bits per heavy atom. The van der Waals surface area contributed by atoms with E-state index in [0.717, 1.165) is 24.2 Å². The van der Waals surface area contributed by atoms with E-state index in [-0.39, 0.29) is 0 Å². The minimum atomic E-state index is 0.797. The Labute approximate surface area is 75.9 Å². The quantitative estimate of drug-likeness (QED) is 0.439. The van der Waals surface area contributed by atoms with Gasteiger partial charge in [-0.05, 0) is 31.3 Å². The maximum absolute atomic E-state index is 10.2. The first-order valence-electron chi connectivity index (χ1n) is 4.82. The lowest BCUT2D eigenvalue weighted by Crippen LogP contribution is -1.92. The van der Waals surface area contributed by atoms with Crippen molar-refractivity contribution in [3.05, 3.63) is 11.6 Å². The van der Waals surface area contributed by atoms with Crippen LogP contribution in [0.25, 0.3) is 0 Å². The van der Waals surface area contributed by atoms with Crippen LogP contribution in [0.15, 0.2) is 11.6 Å². The van der Waals surface area contributed by atoms with E-state index in [2.05, 4.69) is 13.8 Å². The minimum absolute atomic E-state index is 0.797. The summed E-state index contributed by atoms with van der Waals surface area (Å²) in [5, 5.41) is 0. The van der Waals surface area contributed by atoms with Crippen molar-refractivity contribution in [1.82, 2.24) is 0 Å². The van der Waals surface area contributed by atoms with Crippen LogP contribution in [0, 0.1) is 5.92 Å². The van der Waals surface area contributed by atoms with Crippen molar-refractivity contribution in [1.29, 1.82) is 0 Å². The highest BCUT2D eigenvalue weighted by atomic mass is 16.1. The molecule has 0 saturated heterocycles. The summed E-state index contributed by atoms with van der Waals surface area (Å²) in [6.45, 7) is 6.34. The van der Waals surface area contributed by atoms with Gasteiger partial charge in [0.25, 0.3) is 0 Å². The van der Waals surface area contributed by atoms with Gasteiger partial charge in [0.05, 0.1) is 0 Å². The fourth-order valence-electron chi connectivity index (χ4n) is 1.28. The molecule has 0 aromatic rings. The van der Waals surface area contributed by atoms with Crippen LogP contribution in [0.3, 0.4) is 0 Å². The molecule has 0 unspecified atom stereocenters. The summed E-state index contributed by atoms with van der Waals surface area (Å²) >= 11 is 0. The molecule has 1 heteroatoms. The third-order valence-electron chi connectivity index (χ3n) is 2.09. The SMILES string of the molecule is CCC[C@H](C)CC/C=C(\C)C=O. The number of hydrogen-bond donors (Lipinski definition) is 0. The van der Waals surface area contributed by atoms with E-state index < -0.39 is 0 Å². The molecule has 12 heavy (non-hydrogen) atoms. The average molecular weight is 168 g/mol. The van der Waals surface area contributed by atoms with Gasteiger partial charge < -0.3 is 0 Å². The van der Waals surface area contributed by atoms with Crippen LogP contribution < -0.4 is 0 Å². The van der Waals surface area contributed by atoms with E-state index in [1.54, 1.807) is 0 Å². The number of hydrogen-bond acceptors (Lipinski definition) is 1. The molecule has 0 N–H and O–H groups in total. The Morgan fingerprint density at radius 3 is 2.58 bits per heavy atom. The van der Waals surface area contributed by atoms with Crippen LogP contribution in [-0.2, 0) is 4.79 Å². The monoisotopic (exact) mass is 168 g/mol. The number of aldehydes is 1. The Bertz CT molecular complexity index is 147. The summed E-state index contributed by atoms with van der Waals surface area (Å²) in [4.78, 5) is 10.2. The van der Waals surface area contributed by atoms with Crippen LogP contribution in [0.5, 0.6) is 0 Å². The highest BCUT2D eigenvalue weighted by Crippen LogP contribution is 2.12. The Kier molecular flexibility index (Phi) is 6.73. The molecular weight excluding hydrogens is 148 g/mol. The third kappa shape index (κ3) is 6.14. The first kappa shape index (κ1) is 11.4. The lowest BCUT2D eigenvalue weighted by Gasteiger charge is -2.06. The predicted molar refractivity (Wildman–Crippen MR) is 53.1 cm³/mol. The molecule has 0 aromatic heterocycles. The van der Waals surface area contributed by atoms with Gasteiger partial charge in [-0.2, -0.15) is 0 Å². The molecule has 0 spiro atoms. The molecule has 0 bridgehead atoms. The Hall–Kier alpha value is -0.590. The molecule has 0 radical (unpaired) electrons. The van der Waals surface area contributed by atoms with Crippen LogP contribution >= 0.6 is 0 Å². The summed E-state index contributed by atoms with van der Waals surface area (Å²) in [6.07, 6.45) is 7.76. The lowest BCUT2D eigenvalue weighted by molar-refractivity contribution is -0.104. The van der Waals surface area contributed by atoms with Gasteiger partial charge in [-0.3, -0.25) is 4.79 Å². The molecule has 70 valence electrons. The van der Waals surface area contributed by atoms with Crippen molar-refractivity contribution in [3.8, 4) is 0 Å². The smallest absolute Gasteiger partial charge is 0.145 e. The van der Waals surface area contributed by atoms with Crippen molar-refractivity contribution in [3.63, 3.8) is 0 Å². The number of allylic oxidation sites excluding steroid dienone is 2. The van der Waals surface area contributed by atoms with E-state index in [4.69, 9.17) is 0 Å². The summed E-state index contributed by atoms with van der Waals surface area (Å²) in [7, 11) is 0. The zero-order valence-electron chi connectivity index (χ0n) is 8.47. The minimum Gasteiger partial charge on any atom is -0.298 e. The highest BCUT2D eigenvalue weighted by Gasteiger charge is 1.98. The molecule has 0 aromatic carbocycles. The zero-order valence-corrected chi connectivity index (χ0v) is 8.47. The summed E-state index contributed by atoms with van der Waals surface area (Å²) in [6, 6.07) is 0. The van der Waals surface area contributed by atoms with Crippen LogP contribution in [-0.4, -0.2) is 6.29 Å². The molecule has 0 amide bonds. The predicted octanol–water partition coefficient (Wildman–Crippen LogP) is 3.35. The van der Waals surface area contributed by atoms with E-state index in [1.807, 2.05) is 13.0 Å². The lowest BCUT2D eigenvalue weighted by atomic mass is 10.00. The molecular formula is C11H20O. The molecule has 0 rings (SSSR count). The van der Waals surface area contributed by atoms with E-state index in [1.165, 1.54) is 19.3 Å². The molecule has 0 aliphatic rings. The van der Waals surface area contributed by atoms with Crippen molar-refractivity contribution in [2.45, 2.75) is 46.5 Å². The van der Waals surface area contributed by atoms with Gasteiger partial charge in [-0.15, -0.1) is 0 Å². The summed E-state index contributed by atoms with van der Waals surface area (Å²) in [5.41, 5.74) is 0.860. The zero-order chi connectivity index (χ0) is 9.40. The first-order chi connectivity index (χ1) is 5.70. The van der Waals surface area contributed by atoms with Gasteiger partial charge >= 0.3 is 0 Å². The topological polar surface area (TPSA) is 17.1 Å². The fourth-order valence-corrected chi connectivity index (χ4v) is 1.28. The van der Waals surface area contributed by atoms with Gasteiger partial charge in [0.1, 0.15) is 6.29 Å². The summed E-state index contributed by atoms with van der Waals surface area (Å²) in [5.74, 6) is 0.797. The molecule has 0 heterocycles. The molecule has 1 nitrogen and oxygen atoms in total. The van der Waals surface area contributed by atoms with Gasteiger partial charge in [0.2, 0.25) is 0 Å². The fraction of sp³-hybridized carbons (Fsp3) is 0.727. The molecule has 0 aliphatic carbocycles. The molecule has 0 saturated carbocycles. The van der Waals surface area contributed by atoms with E-state index in [9.17, 15) is 4.79 Å². The highest BCUT2D eigenvalue weighted by molar-refractivity contribution is 5.71. The van der Waals surface area contributed by atoms with Gasteiger partial charge in [0.15, 0.2) is 0 Å². The van der Waals surface area contributed by atoms with Crippen molar-refractivity contribution in [2.75, 3.05) is 0 Å². The number of carbonyl (C=O) groups excluding carboxylic acids is 1. The van der Waals surface area contributed by atoms with Crippen LogP contribution in [0.2, 0.25) is 0 Å². The number of rotatable bonds is 6. The normalized spacial score (nSPS) is 14.4. The average Bonchev–Trinajstić information content (AvgIpc) is 2.04. The van der Waals surface area contributed by atoms with Crippen LogP contribution in [0.1, 0.15) is 46.5 Å². The first-order valence-corrected chi connectivity index (χ1v) is 4.82. The van der Waals surface area contributed by atoms with E-state index in [0.29, 0.717) is 0 Å². The molecule has 0 fully saturated rings. The number of carbonyl (C=O) groups is 1. The molecule has 1 atom stereocenters. The van der Waals surface area contributed by atoms with Crippen LogP contribution in [0.4, 0.5) is 0 Å². The van der Waals surface area contributed by atoms with Crippen molar-refractivity contribution in [2.24, 2.45) is 5.92 Å². The summed E-state index contributed by atoms with van der Waals surface area (Å²) < 4.78 is 0. The van der Waals surface area contributed by atoms with Gasteiger partial charge in [-0.1, -0.05) is 32.8 Å². The van der Waals surface area contributed by atoms with Crippen molar-refractivity contribution < 1.29 is 4.79 Å². The second-order valence-electron chi connectivity index (χ2n) is 3.54. The second kappa shape index (κ2) is 7.08. The van der Waals surface area contributed by atoms with E-state index >= 15 is 0 Å². The standard InChI is InChI=1S/C11H20O/c1-4-6-10(2)7-5-8-11(3)9-12/h8-10H,4-7H2,1-3H3/b11-8+/t10-/m0/s1. The maximum Gasteiger partial charge on any atom is 0.145 e. The second-order valence-corrected chi connectivity index (χ2v) is 3.54. The van der Waals surface area contributed by atoms with Gasteiger partial charge in [-0.25, -0.2) is 0 Å². The molecule has 0 aliphatic heterocycles. The van der Waals surface area contributed by atoms with Gasteiger partial charge in [0, 0.05) is 0 Å². The third-order valence-corrected chi connectivity index (χ3v) is 2.09. The largest absolute Gasteiger partial charge is 0.298 e. The maximum atomic E-state index is 10.2. The van der Waals surface area contributed by atoms with Crippen molar-refractivity contribution >= 4 is 6.29 Å².